The molecular formula is C15H23N3. The lowest BCUT2D eigenvalue weighted by Crippen LogP contribution is -2.25. The van der Waals surface area contributed by atoms with Gasteiger partial charge in [-0.2, -0.15) is 10.2 Å². The summed E-state index contributed by atoms with van der Waals surface area (Å²) in [5, 5.41) is 12.0. The van der Waals surface area contributed by atoms with Gasteiger partial charge in [0.1, 0.15) is 0 Å². The third-order valence-electron chi connectivity index (χ3n) is 3.56. The number of hydrogen-bond acceptors (Lipinski definition) is 3. The standard InChI is InChI=1S/C15H23N3/c1-4-16-15(13-8-6-5-7-9-13)14-10-11(2)17-18-12(14)3/h8,10,15-16H,4-7,9H2,1-3H3. The van der Waals surface area contributed by atoms with Gasteiger partial charge in [0, 0.05) is 0 Å². The normalized spacial score (nSPS) is 17.4. The number of rotatable bonds is 4. The summed E-state index contributed by atoms with van der Waals surface area (Å²) in [7, 11) is 0. The van der Waals surface area contributed by atoms with E-state index in [0.717, 1.165) is 17.9 Å². The van der Waals surface area contributed by atoms with Gasteiger partial charge in [0.25, 0.3) is 0 Å². The first kappa shape index (κ1) is 13.2. The van der Waals surface area contributed by atoms with Crippen LogP contribution >= 0.6 is 0 Å². The highest BCUT2D eigenvalue weighted by molar-refractivity contribution is 5.32. The summed E-state index contributed by atoms with van der Waals surface area (Å²) in [5.41, 5.74) is 4.85. The first-order chi connectivity index (χ1) is 8.72. The van der Waals surface area contributed by atoms with Crippen molar-refractivity contribution < 1.29 is 0 Å². The fourth-order valence-corrected chi connectivity index (χ4v) is 2.63. The van der Waals surface area contributed by atoms with E-state index >= 15 is 0 Å². The van der Waals surface area contributed by atoms with Gasteiger partial charge in [0.15, 0.2) is 0 Å². The van der Waals surface area contributed by atoms with E-state index in [0.29, 0.717) is 6.04 Å². The lowest BCUT2D eigenvalue weighted by molar-refractivity contribution is 0.558. The van der Waals surface area contributed by atoms with Crippen LogP contribution in [0, 0.1) is 13.8 Å². The van der Waals surface area contributed by atoms with Gasteiger partial charge in [0.2, 0.25) is 0 Å². The summed E-state index contributed by atoms with van der Waals surface area (Å²) in [6.45, 7) is 7.19. The van der Waals surface area contributed by atoms with Crippen molar-refractivity contribution in [3.05, 3.63) is 34.7 Å². The molecule has 1 aromatic rings. The van der Waals surface area contributed by atoms with E-state index < -0.39 is 0 Å². The number of aromatic nitrogens is 2. The Hall–Kier alpha value is -1.22. The zero-order valence-electron chi connectivity index (χ0n) is 11.7. The molecule has 0 spiro atoms. The lowest BCUT2D eigenvalue weighted by atomic mass is 9.89. The van der Waals surface area contributed by atoms with Crippen molar-refractivity contribution in [3.8, 4) is 0 Å². The van der Waals surface area contributed by atoms with E-state index in [2.05, 4.69) is 41.5 Å². The Kier molecular flexibility index (Phi) is 4.48. The Morgan fingerprint density at radius 2 is 2.11 bits per heavy atom. The molecule has 2 rings (SSSR count). The van der Waals surface area contributed by atoms with E-state index in [4.69, 9.17) is 0 Å². The van der Waals surface area contributed by atoms with E-state index in [1.165, 1.54) is 36.8 Å². The summed E-state index contributed by atoms with van der Waals surface area (Å²) in [4.78, 5) is 0. The predicted molar refractivity (Wildman–Crippen MR) is 74.5 cm³/mol. The zero-order chi connectivity index (χ0) is 13.0. The highest BCUT2D eigenvalue weighted by Crippen LogP contribution is 2.30. The highest BCUT2D eigenvalue weighted by atomic mass is 15.1. The number of allylic oxidation sites excluding steroid dienone is 1. The summed E-state index contributed by atoms with van der Waals surface area (Å²) < 4.78 is 0. The Labute approximate surface area is 110 Å². The van der Waals surface area contributed by atoms with Crippen LogP contribution in [0.25, 0.3) is 0 Å². The van der Waals surface area contributed by atoms with Crippen LogP contribution in [-0.2, 0) is 0 Å². The van der Waals surface area contributed by atoms with Gasteiger partial charge in [-0.3, -0.25) is 0 Å². The first-order valence-corrected chi connectivity index (χ1v) is 6.95. The third kappa shape index (κ3) is 2.96. The molecule has 0 fully saturated rings. The lowest BCUT2D eigenvalue weighted by Gasteiger charge is -2.25. The topological polar surface area (TPSA) is 37.8 Å². The Balaban J connectivity index is 2.34. The minimum absolute atomic E-state index is 0.324. The highest BCUT2D eigenvalue weighted by Gasteiger charge is 2.19. The van der Waals surface area contributed by atoms with Crippen molar-refractivity contribution in [3.63, 3.8) is 0 Å². The fraction of sp³-hybridized carbons (Fsp3) is 0.600. The molecular weight excluding hydrogens is 222 g/mol. The van der Waals surface area contributed by atoms with Crippen LogP contribution in [0.3, 0.4) is 0 Å². The predicted octanol–water partition coefficient (Wildman–Crippen LogP) is 3.24. The molecule has 1 unspecified atom stereocenters. The minimum Gasteiger partial charge on any atom is -0.307 e. The van der Waals surface area contributed by atoms with E-state index in [1.807, 2.05) is 6.92 Å². The van der Waals surface area contributed by atoms with Gasteiger partial charge >= 0.3 is 0 Å². The maximum atomic E-state index is 4.26. The number of likely N-dealkylation sites (N-methyl/N-ethyl adjacent to an activating group) is 1. The van der Waals surface area contributed by atoms with Crippen molar-refractivity contribution in [2.45, 2.75) is 52.5 Å². The molecule has 3 heteroatoms. The molecule has 1 aliphatic rings. The molecule has 0 radical (unpaired) electrons. The smallest absolute Gasteiger partial charge is 0.0651 e. The van der Waals surface area contributed by atoms with Crippen LogP contribution in [0.2, 0.25) is 0 Å². The first-order valence-electron chi connectivity index (χ1n) is 6.95. The Bertz CT molecular complexity index is 437. The van der Waals surface area contributed by atoms with Crippen LogP contribution in [0.5, 0.6) is 0 Å². The maximum absolute atomic E-state index is 4.26. The number of nitrogens with one attached hydrogen (secondary N) is 1. The molecule has 0 amide bonds. The van der Waals surface area contributed by atoms with Crippen molar-refractivity contribution >= 4 is 0 Å². The second-order valence-electron chi connectivity index (χ2n) is 5.04. The van der Waals surface area contributed by atoms with Crippen molar-refractivity contribution in [2.75, 3.05) is 6.54 Å². The quantitative estimate of drug-likeness (QED) is 0.827. The molecule has 98 valence electrons. The van der Waals surface area contributed by atoms with E-state index in [1.54, 1.807) is 0 Å². The molecule has 1 atom stereocenters. The summed E-state index contributed by atoms with van der Waals surface area (Å²) in [5.74, 6) is 0. The molecule has 0 bridgehead atoms. The van der Waals surface area contributed by atoms with Gasteiger partial charge in [-0.05, 0) is 57.7 Å². The molecule has 1 N–H and O–H groups in total. The van der Waals surface area contributed by atoms with Crippen LogP contribution < -0.4 is 5.32 Å². The second-order valence-corrected chi connectivity index (χ2v) is 5.04. The average Bonchev–Trinajstić information content (AvgIpc) is 2.40. The van der Waals surface area contributed by atoms with Gasteiger partial charge in [0.05, 0.1) is 17.4 Å². The number of nitrogens with zero attached hydrogens (tertiary/aromatic N) is 2. The van der Waals surface area contributed by atoms with Gasteiger partial charge in [-0.1, -0.05) is 18.6 Å². The Morgan fingerprint density at radius 1 is 1.28 bits per heavy atom. The molecule has 1 aromatic heterocycles. The monoisotopic (exact) mass is 245 g/mol. The van der Waals surface area contributed by atoms with E-state index in [9.17, 15) is 0 Å². The van der Waals surface area contributed by atoms with Gasteiger partial charge in [-0.15, -0.1) is 0 Å². The number of aryl methyl sites for hydroxylation is 2. The molecule has 3 nitrogen and oxygen atoms in total. The molecule has 18 heavy (non-hydrogen) atoms. The number of hydrogen-bond donors (Lipinski definition) is 1. The Morgan fingerprint density at radius 3 is 2.78 bits per heavy atom. The maximum Gasteiger partial charge on any atom is 0.0651 e. The van der Waals surface area contributed by atoms with Crippen LogP contribution in [0.4, 0.5) is 0 Å². The molecule has 0 aliphatic heterocycles. The van der Waals surface area contributed by atoms with E-state index in [-0.39, 0.29) is 0 Å². The largest absolute Gasteiger partial charge is 0.307 e. The SMILES string of the molecule is CCNC(C1=CCCCC1)c1cc(C)nnc1C. The summed E-state index contributed by atoms with van der Waals surface area (Å²) in [6, 6.07) is 2.50. The second kappa shape index (κ2) is 6.10. The van der Waals surface area contributed by atoms with Crippen molar-refractivity contribution in [1.82, 2.24) is 15.5 Å². The minimum atomic E-state index is 0.324. The van der Waals surface area contributed by atoms with Crippen LogP contribution in [0.15, 0.2) is 17.7 Å². The summed E-state index contributed by atoms with van der Waals surface area (Å²) >= 11 is 0. The summed E-state index contributed by atoms with van der Waals surface area (Å²) in [6.07, 6.45) is 7.47. The average molecular weight is 245 g/mol. The molecule has 0 aromatic carbocycles. The molecule has 1 aliphatic carbocycles. The van der Waals surface area contributed by atoms with Gasteiger partial charge in [-0.25, -0.2) is 0 Å². The zero-order valence-corrected chi connectivity index (χ0v) is 11.7. The third-order valence-corrected chi connectivity index (χ3v) is 3.56. The van der Waals surface area contributed by atoms with Crippen molar-refractivity contribution in [1.29, 1.82) is 0 Å². The van der Waals surface area contributed by atoms with Gasteiger partial charge < -0.3 is 5.32 Å². The molecule has 0 saturated heterocycles. The fourth-order valence-electron chi connectivity index (χ4n) is 2.63. The molecule has 0 saturated carbocycles. The molecule has 1 heterocycles. The van der Waals surface area contributed by atoms with Crippen LogP contribution in [-0.4, -0.2) is 16.7 Å². The van der Waals surface area contributed by atoms with Crippen LogP contribution in [0.1, 0.15) is 55.6 Å². The van der Waals surface area contributed by atoms with Crippen molar-refractivity contribution in [2.24, 2.45) is 0 Å².